The molecule has 16 heavy (non-hydrogen) atoms. The normalized spacial score (nSPS) is 10.0. The summed E-state index contributed by atoms with van der Waals surface area (Å²) in [5, 5.41) is 32.4. The number of rotatable bonds is 6. The molecule has 6 heteroatoms. The highest BCUT2D eigenvalue weighted by molar-refractivity contribution is 5.89. The smallest absolute Gasteiger partial charge is 0.328 e. The number of aliphatic hydroxyl groups is 2. The number of hydrogen-bond donors (Lipinski definition) is 4. The van der Waals surface area contributed by atoms with Gasteiger partial charge in [-0.15, -0.1) is 0 Å². The molecule has 0 spiro atoms. The summed E-state index contributed by atoms with van der Waals surface area (Å²) in [6.07, 6.45) is 2.73. The van der Waals surface area contributed by atoms with Gasteiger partial charge in [0.2, 0.25) is 0 Å². The van der Waals surface area contributed by atoms with E-state index in [-0.39, 0.29) is 13.2 Å². The summed E-state index contributed by atoms with van der Waals surface area (Å²) < 4.78 is 0. The molecule has 0 aromatic rings. The van der Waals surface area contributed by atoms with E-state index in [2.05, 4.69) is 0 Å². The van der Waals surface area contributed by atoms with Crippen molar-refractivity contribution in [1.82, 2.24) is 0 Å². The van der Waals surface area contributed by atoms with Crippen molar-refractivity contribution in [3.63, 3.8) is 0 Å². The molecule has 0 unspecified atom stereocenters. The third-order valence-electron chi connectivity index (χ3n) is 1.61. The zero-order chi connectivity index (χ0) is 13.0. The molecule has 0 aliphatic rings. The third kappa shape index (κ3) is 18.4. The number of hydrogen-bond acceptors (Lipinski definition) is 4. The average Bonchev–Trinajstić information content (AvgIpc) is 2.16. The van der Waals surface area contributed by atoms with E-state index < -0.39 is 11.9 Å². The highest BCUT2D eigenvalue weighted by Crippen LogP contribution is 2.03. The number of carboxylic acids is 2. The van der Waals surface area contributed by atoms with Crippen molar-refractivity contribution in [2.45, 2.75) is 19.8 Å². The molecule has 0 radical (unpaired) electrons. The summed E-state index contributed by atoms with van der Waals surface area (Å²) >= 11 is 0. The van der Waals surface area contributed by atoms with E-state index in [4.69, 9.17) is 20.4 Å². The molecule has 0 rings (SSSR count). The van der Waals surface area contributed by atoms with E-state index in [1.807, 2.05) is 6.92 Å². The first-order valence-electron chi connectivity index (χ1n) is 4.79. The summed E-state index contributed by atoms with van der Waals surface area (Å²) in [6, 6.07) is 0. The van der Waals surface area contributed by atoms with Crippen LogP contribution in [0.25, 0.3) is 0 Å². The van der Waals surface area contributed by atoms with Gasteiger partial charge in [0.05, 0.1) is 0 Å². The predicted octanol–water partition coefficient (Wildman–Crippen LogP) is 0.0991. The average molecular weight is 234 g/mol. The molecule has 6 nitrogen and oxygen atoms in total. The Bertz CT molecular complexity index is 201. The zero-order valence-electron chi connectivity index (χ0n) is 9.17. The Labute approximate surface area is 93.8 Å². The number of carbonyl (C=O) groups is 2. The lowest BCUT2D eigenvalue weighted by Gasteiger charge is -2.04. The second-order valence-electron chi connectivity index (χ2n) is 3.14. The molecule has 0 aromatic heterocycles. The minimum absolute atomic E-state index is 0.237. The lowest BCUT2D eigenvalue weighted by molar-refractivity contribution is -0.134. The first-order chi connectivity index (χ1) is 7.43. The molecule has 0 bridgehead atoms. The van der Waals surface area contributed by atoms with E-state index in [1.165, 1.54) is 0 Å². The van der Waals surface area contributed by atoms with Crippen LogP contribution in [0.15, 0.2) is 12.2 Å². The quantitative estimate of drug-likeness (QED) is 0.484. The van der Waals surface area contributed by atoms with E-state index >= 15 is 0 Å². The fourth-order valence-electron chi connectivity index (χ4n) is 0.728. The molecule has 0 saturated carbocycles. The van der Waals surface area contributed by atoms with Crippen LogP contribution < -0.4 is 0 Å². The molecule has 0 saturated heterocycles. The van der Waals surface area contributed by atoms with Crippen LogP contribution in [0.4, 0.5) is 0 Å². The van der Waals surface area contributed by atoms with E-state index in [1.54, 1.807) is 0 Å². The van der Waals surface area contributed by atoms with Crippen LogP contribution in [-0.4, -0.2) is 45.6 Å². The Morgan fingerprint density at radius 2 is 1.31 bits per heavy atom. The van der Waals surface area contributed by atoms with Gasteiger partial charge in [0, 0.05) is 25.4 Å². The van der Waals surface area contributed by atoms with Crippen LogP contribution in [0.5, 0.6) is 0 Å². The van der Waals surface area contributed by atoms with Gasteiger partial charge in [-0.2, -0.15) is 0 Å². The predicted molar refractivity (Wildman–Crippen MR) is 57.0 cm³/mol. The fourth-order valence-corrected chi connectivity index (χ4v) is 0.728. The van der Waals surface area contributed by atoms with Crippen molar-refractivity contribution in [3.8, 4) is 0 Å². The summed E-state index contributed by atoms with van der Waals surface area (Å²) in [5.41, 5.74) is 0. The monoisotopic (exact) mass is 234 g/mol. The Hall–Kier alpha value is -1.40. The first-order valence-corrected chi connectivity index (χ1v) is 4.79. The molecule has 0 amide bonds. The van der Waals surface area contributed by atoms with Crippen molar-refractivity contribution in [1.29, 1.82) is 0 Å². The van der Waals surface area contributed by atoms with Gasteiger partial charge in [0.15, 0.2) is 0 Å². The lowest BCUT2D eigenvalue weighted by Crippen LogP contribution is -1.99. The van der Waals surface area contributed by atoms with Crippen LogP contribution in [0.1, 0.15) is 19.8 Å². The summed E-state index contributed by atoms with van der Waals surface area (Å²) in [7, 11) is 0. The zero-order valence-corrected chi connectivity index (χ0v) is 9.17. The molecule has 94 valence electrons. The summed E-state index contributed by atoms with van der Waals surface area (Å²) in [6.45, 7) is 2.49. The third-order valence-corrected chi connectivity index (χ3v) is 1.61. The van der Waals surface area contributed by atoms with Crippen LogP contribution in [0.2, 0.25) is 0 Å². The lowest BCUT2D eigenvalue weighted by atomic mass is 10.1. The van der Waals surface area contributed by atoms with E-state index in [9.17, 15) is 9.59 Å². The summed E-state index contributed by atoms with van der Waals surface area (Å²) in [4.78, 5) is 19.1. The fraction of sp³-hybridized carbons (Fsp3) is 0.600. The first kappa shape index (κ1) is 17.0. The minimum atomic E-state index is -1.26. The second kappa shape index (κ2) is 11.7. The van der Waals surface area contributed by atoms with Crippen molar-refractivity contribution >= 4 is 11.9 Å². The Morgan fingerprint density at radius 3 is 1.50 bits per heavy atom. The molecular formula is C10H18O6. The number of aliphatic hydroxyl groups excluding tert-OH is 2. The topological polar surface area (TPSA) is 115 Å². The van der Waals surface area contributed by atoms with Gasteiger partial charge in [0.25, 0.3) is 0 Å². The van der Waals surface area contributed by atoms with Gasteiger partial charge in [0.1, 0.15) is 0 Å². The minimum Gasteiger partial charge on any atom is -0.478 e. The largest absolute Gasteiger partial charge is 0.478 e. The SMILES string of the molecule is CC(CCO)CCO.O=C(O)/C=C\C(=O)O. The van der Waals surface area contributed by atoms with Gasteiger partial charge in [-0.1, -0.05) is 6.92 Å². The van der Waals surface area contributed by atoms with Crippen LogP contribution in [0.3, 0.4) is 0 Å². The van der Waals surface area contributed by atoms with Crippen molar-refractivity contribution in [2.24, 2.45) is 5.92 Å². The number of aliphatic carboxylic acids is 2. The maximum atomic E-state index is 9.55. The highest BCUT2D eigenvalue weighted by Gasteiger charge is 1.97. The standard InChI is InChI=1S/C6H14O2.C4H4O4/c1-6(2-4-7)3-5-8;5-3(6)1-2-4(7)8/h6-8H,2-5H2,1H3;1-2H,(H,5,6)(H,7,8)/b;2-1-. The molecule has 0 aromatic carbocycles. The van der Waals surface area contributed by atoms with Gasteiger partial charge in [-0.3, -0.25) is 0 Å². The maximum Gasteiger partial charge on any atom is 0.328 e. The molecule has 0 heterocycles. The number of carboxylic acid groups (broad SMARTS) is 2. The van der Waals surface area contributed by atoms with Gasteiger partial charge in [-0.25, -0.2) is 9.59 Å². The van der Waals surface area contributed by atoms with E-state index in [0.29, 0.717) is 18.1 Å². The second-order valence-corrected chi connectivity index (χ2v) is 3.14. The van der Waals surface area contributed by atoms with Gasteiger partial charge in [-0.05, 0) is 18.8 Å². The molecule has 4 N–H and O–H groups in total. The Kier molecular flexibility index (Phi) is 12.4. The molecular weight excluding hydrogens is 216 g/mol. The van der Waals surface area contributed by atoms with Gasteiger partial charge >= 0.3 is 11.9 Å². The Morgan fingerprint density at radius 1 is 1.00 bits per heavy atom. The maximum absolute atomic E-state index is 9.55. The van der Waals surface area contributed by atoms with E-state index in [0.717, 1.165) is 12.8 Å². The van der Waals surface area contributed by atoms with Crippen molar-refractivity contribution < 1.29 is 30.0 Å². The Balaban J connectivity index is 0. The molecule has 0 aliphatic carbocycles. The molecule has 0 aliphatic heterocycles. The van der Waals surface area contributed by atoms with Crippen LogP contribution in [-0.2, 0) is 9.59 Å². The van der Waals surface area contributed by atoms with Crippen molar-refractivity contribution in [3.05, 3.63) is 12.2 Å². The highest BCUT2D eigenvalue weighted by atomic mass is 16.4. The molecule has 0 atom stereocenters. The summed E-state index contributed by atoms with van der Waals surface area (Å²) in [5.74, 6) is -2.05. The van der Waals surface area contributed by atoms with Gasteiger partial charge < -0.3 is 20.4 Å². The molecule has 0 fully saturated rings. The van der Waals surface area contributed by atoms with Crippen molar-refractivity contribution in [2.75, 3.05) is 13.2 Å². The van der Waals surface area contributed by atoms with Crippen LogP contribution in [0, 0.1) is 5.92 Å². The van der Waals surface area contributed by atoms with Crippen LogP contribution >= 0.6 is 0 Å².